The van der Waals surface area contributed by atoms with Crippen LogP contribution in [0.15, 0.2) is 0 Å². The van der Waals surface area contributed by atoms with Gasteiger partial charge in [-0.05, 0) is 18.8 Å². The average Bonchev–Trinajstić information content (AvgIpc) is 2.12. The molecule has 1 rings (SSSR count). The highest BCUT2D eigenvalue weighted by Crippen LogP contribution is 2.28. The van der Waals surface area contributed by atoms with E-state index in [0.29, 0.717) is 11.7 Å². The van der Waals surface area contributed by atoms with Gasteiger partial charge in [0.05, 0.1) is 5.75 Å². The van der Waals surface area contributed by atoms with Gasteiger partial charge in [-0.3, -0.25) is 0 Å². The first-order valence-corrected chi connectivity index (χ1v) is 4.65. The highest BCUT2D eigenvalue weighted by atomic mass is 32.2. The third-order valence-electron chi connectivity index (χ3n) is 1.09. The van der Waals surface area contributed by atoms with Crippen LogP contribution in [-0.4, -0.2) is 20.4 Å². The summed E-state index contributed by atoms with van der Waals surface area (Å²) >= 11 is 0. The van der Waals surface area contributed by atoms with Crippen LogP contribution >= 0.6 is 0 Å². The maximum Gasteiger partial charge on any atom is 0.147 e. The molecule has 8 heavy (non-hydrogen) atoms. The van der Waals surface area contributed by atoms with Crippen LogP contribution in [0.25, 0.3) is 0 Å². The third kappa shape index (κ3) is 2.31. The molecule has 1 atom stereocenters. The van der Waals surface area contributed by atoms with E-state index in [9.17, 15) is 8.42 Å². The molecule has 0 saturated heterocycles. The summed E-state index contributed by atoms with van der Waals surface area (Å²) in [5.74, 6) is 0.734. The molecule has 0 heterocycles. The molecule has 0 aromatic heterocycles. The molecular formula is C5H9O2S. The second-order valence-corrected chi connectivity index (χ2v) is 4.51. The zero-order valence-electron chi connectivity index (χ0n) is 4.79. The van der Waals surface area contributed by atoms with Crippen molar-refractivity contribution in [1.29, 1.82) is 0 Å². The van der Waals surface area contributed by atoms with Gasteiger partial charge in [-0.2, -0.15) is 0 Å². The fourth-order valence-corrected chi connectivity index (χ4v) is 1.67. The van der Waals surface area contributed by atoms with Gasteiger partial charge in [-0.15, -0.1) is 0 Å². The lowest BCUT2D eigenvalue weighted by Crippen LogP contribution is -2.03. The van der Waals surface area contributed by atoms with Gasteiger partial charge >= 0.3 is 0 Å². The minimum Gasteiger partial charge on any atom is -0.229 e. The quantitative estimate of drug-likeness (QED) is 0.541. The number of hydrogen-bond donors (Lipinski definition) is 0. The molecule has 1 radical (unpaired) electrons. The third-order valence-corrected chi connectivity index (χ3v) is 2.12. The van der Waals surface area contributed by atoms with E-state index < -0.39 is 9.84 Å². The molecule has 47 valence electrons. The van der Waals surface area contributed by atoms with Crippen molar-refractivity contribution in [3.8, 4) is 0 Å². The van der Waals surface area contributed by atoms with Crippen molar-refractivity contribution in [2.24, 2.45) is 5.92 Å². The highest BCUT2D eigenvalue weighted by molar-refractivity contribution is 7.90. The van der Waals surface area contributed by atoms with E-state index in [2.05, 4.69) is 0 Å². The molecule has 1 saturated carbocycles. The van der Waals surface area contributed by atoms with E-state index in [0.717, 1.165) is 6.42 Å². The van der Waals surface area contributed by atoms with Crippen molar-refractivity contribution < 1.29 is 8.42 Å². The second kappa shape index (κ2) is 1.72. The fraction of sp³-hybridized carbons (Fsp3) is 0.800. The molecule has 1 aliphatic rings. The summed E-state index contributed by atoms with van der Waals surface area (Å²) < 4.78 is 20.9. The predicted octanol–water partition coefficient (Wildman–Crippen LogP) is 0.255. The van der Waals surface area contributed by atoms with Crippen LogP contribution in [-0.2, 0) is 9.84 Å². The summed E-state index contributed by atoms with van der Waals surface area (Å²) in [5.41, 5.74) is 0. The second-order valence-electron chi connectivity index (χ2n) is 2.32. The standard InChI is InChI=1S/C5H9O2S/c1-8(6,7)4-5-2-3-5/h2,5H,3-4H2,1H3. The van der Waals surface area contributed by atoms with Gasteiger partial charge in [0.25, 0.3) is 0 Å². The Morgan fingerprint density at radius 3 is 2.38 bits per heavy atom. The van der Waals surface area contributed by atoms with Crippen LogP contribution < -0.4 is 0 Å². The molecule has 0 aromatic rings. The summed E-state index contributed by atoms with van der Waals surface area (Å²) in [7, 11) is -2.69. The SMILES string of the molecule is CS(=O)(=O)CC1[CH]C1. The Kier molecular flexibility index (Phi) is 1.31. The molecule has 1 unspecified atom stereocenters. The molecular weight excluding hydrogens is 124 g/mol. The molecule has 1 fully saturated rings. The largest absolute Gasteiger partial charge is 0.229 e. The van der Waals surface area contributed by atoms with Crippen molar-refractivity contribution in [2.45, 2.75) is 6.42 Å². The monoisotopic (exact) mass is 133 g/mol. The Hall–Kier alpha value is -0.0500. The summed E-state index contributed by atoms with van der Waals surface area (Å²) in [6.07, 6.45) is 4.28. The van der Waals surface area contributed by atoms with Gasteiger partial charge in [0.1, 0.15) is 9.84 Å². The predicted molar refractivity (Wildman–Crippen MR) is 32.1 cm³/mol. The van der Waals surface area contributed by atoms with Crippen LogP contribution in [0.1, 0.15) is 6.42 Å². The maximum atomic E-state index is 10.5. The lowest BCUT2D eigenvalue weighted by molar-refractivity contribution is 0.599. The first-order chi connectivity index (χ1) is 3.58. The summed E-state index contributed by atoms with van der Waals surface area (Å²) in [6.45, 7) is 0. The normalized spacial score (nSPS) is 21.1. The number of sulfone groups is 1. The van der Waals surface area contributed by atoms with Crippen LogP contribution in [0.5, 0.6) is 0 Å². The van der Waals surface area contributed by atoms with Crippen molar-refractivity contribution in [3.63, 3.8) is 0 Å². The van der Waals surface area contributed by atoms with Crippen molar-refractivity contribution in [2.75, 3.05) is 12.0 Å². The lowest BCUT2D eigenvalue weighted by Gasteiger charge is -1.89. The van der Waals surface area contributed by atoms with Gasteiger partial charge in [-0.25, -0.2) is 8.42 Å². The van der Waals surface area contributed by atoms with Gasteiger partial charge in [0.15, 0.2) is 0 Å². The van der Waals surface area contributed by atoms with E-state index in [1.54, 1.807) is 0 Å². The van der Waals surface area contributed by atoms with Crippen molar-refractivity contribution >= 4 is 9.84 Å². The number of rotatable bonds is 2. The Morgan fingerprint density at radius 2 is 2.25 bits per heavy atom. The molecule has 0 aromatic carbocycles. The summed E-state index contributed by atoms with van der Waals surface area (Å²) in [5, 5.41) is 0. The van der Waals surface area contributed by atoms with E-state index in [1.165, 1.54) is 6.26 Å². The minimum absolute atomic E-state index is 0.354. The van der Waals surface area contributed by atoms with Crippen LogP contribution in [0.2, 0.25) is 0 Å². The smallest absolute Gasteiger partial charge is 0.147 e. The Morgan fingerprint density at radius 1 is 1.75 bits per heavy atom. The van der Waals surface area contributed by atoms with E-state index in [1.807, 2.05) is 6.42 Å². The van der Waals surface area contributed by atoms with Gasteiger partial charge in [0.2, 0.25) is 0 Å². The summed E-state index contributed by atoms with van der Waals surface area (Å²) in [6, 6.07) is 0. The van der Waals surface area contributed by atoms with E-state index >= 15 is 0 Å². The molecule has 0 spiro atoms. The molecule has 0 bridgehead atoms. The first kappa shape index (κ1) is 6.08. The zero-order chi connectivity index (χ0) is 6.20. The van der Waals surface area contributed by atoms with Gasteiger partial charge < -0.3 is 0 Å². The van der Waals surface area contributed by atoms with Crippen molar-refractivity contribution in [1.82, 2.24) is 0 Å². The maximum absolute atomic E-state index is 10.5. The van der Waals surface area contributed by atoms with Gasteiger partial charge in [-0.1, -0.05) is 0 Å². The van der Waals surface area contributed by atoms with Gasteiger partial charge in [0, 0.05) is 6.26 Å². The highest BCUT2D eigenvalue weighted by Gasteiger charge is 2.25. The van der Waals surface area contributed by atoms with Crippen LogP contribution in [0, 0.1) is 12.3 Å². The molecule has 1 aliphatic carbocycles. The average molecular weight is 133 g/mol. The van der Waals surface area contributed by atoms with Crippen molar-refractivity contribution in [3.05, 3.63) is 6.42 Å². The van der Waals surface area contributed by atoms with E-state index in [4.69, 9.17) is 0 Å². The number of hydrogen-bond acceptors (Lipinski definition) is 2. The molecule has 0 aliphatic heterocycles. The first-order valence-electron chi connectivity index (χ1n) is 2.59. The topological polar surface area (TPSA) is 34.1 Å². The minimum atomic E-state index is -2.69. The summed E-state index contributed by atoms with van der Waals surface area (Å²) in [4.78, 5) is 0. The van der Waals surface area contributed by atoms with Crippen LogP contribution in [0.3, 0.4) is 0 Å². The Bertz CT molecular complexity index is 165. The Balaban J connectivity index is 2.38. The molecule has 2 nitrogen and oxygen atoms in total. The fourth-order valence-electron chi connectivity index (χ4n) is 0.621. The zero-order valence-corrected chi connectivity index (χ0v) is 5.61. The Labute approximate surface area is 49.8 Å². The molecule has 3 heteroatoms. The van der Waals surface area contributed by atoms with E-state index in [-0.39, 0.29) is 0 Å². The molecule has 0 N–H and O–H groups in total. The lowest BCUT2D eigenvalue weighted by atomic mass is 10.5. The van der Waals surface area contributed by atoms with Crippen LogP contribution in [0.4, 0.5) is 0 Å². The molecule has 0 amide bonds.